The van der Waals surface area contributed by atoms with Gasteiger partial charge in [0.2, 0.25) is 0 Å². The second-order valence-electron chi connectivity index (χ2n) is 5.96. The molecule has 2 unspecified atom stereocenters. The van der Waals surface area contributed by atoms with Gasteiger partial charge in [0.05, 0.1) is 19.3 Å². The van der Waals surface area contributed by atoms with Crippen LogP contribution >= 0.6 is 0 Å². The van der Waals surface area contributed by atoms with Crippen molar-refractivity contribution in [1.29, 1.82) is 0 Å². The van der Waals surface area contributed by atoms with Gasteiger partial charge < -0.3 is 14.4 Å². The maximum Gasteiger partial charge on any atom is 0.119 e. The summed E-state index contributed by atoms with van der Waals surface area (Å²) in [5.74, 6) is 2.24. The van der Waals surface area contributed by atoms with Gasteiger partial charge in [-0.3, -0.25) is 0 Å². The number of ether oxygens (including phenoxy) is 1. The molecule has 0 radical (unpaired) electrons. The summed E-state index contributed by atoms with van der Waals surface area (Å²) in [6.45, 7) is 4.26. The lowest BCUT2D eigenvalue weighted by Crippen LogP contribution is -2.25. The maximum atomic E-state index is 10.8. The van der Waals surface area contributed by atoms with E-state index in [-0.39, 0.29) is 6.04 Å². The molecule has 2 atom stereocenters. The molecular formula is C17H22N2O2. The molecule has 0 saturated carbocycles. The normalized spacial score (nSPS) is 21.4. The molecule has 0 amide bonds. The van der Waals surface area contributed by atoms with E-state index >= 15 is 0 Å². The fraction of sp³-hybridized carbons (Fsp3) is 0.471. The van der Waals surface area contributed by atoms with Crippen molar-refractivity contribution in [3.63, 3.8) is 0 Å². The van der Waals surface area contributed by atoms with Crippen LogP contribution in [0.5, 0.6) is 5.75 Å². The number of hydrogen-bond acceptors (Lipinski definition) is 3. The van der Waals surface area contributed by atoms with E-state index in [9.17, 15) is 5.11 Å². The molecule has 3 rings (SSSR count). The average molecular weight is 286 g/mol. The van der Waals surface area contributed by atoms with E-state index < -0.39 is 6.10 Å². The lowest BCUT2D eigenvalue weighted by molar-refractivity contribution is 0.0967. The maximum absolute atomic E-state index is 10.8. The first-order valence-electron chi connectivity index (χ1n) is 7.49. The molecule has 1 aliphatic rings. The Hall–Kier alpha value is -1.81. The lowest BCUT2D eigenvalue weighted by Gasteiger charge is -2.32. The number of methoxy groups -OCH3 is 1. The van der Waals surface area contributed by atoms with Crippen molar-refractivity contribution < 1.29 is 9.84 Å². The van der Waals surface area contributed by atoms with E-state index in [2.05, 4.69) is 23.4 Å². The highest BCUT2D eigenvalue weighted by Gasteiger charge is 2.30. The number of nitrogens with zero attached hydrogens (tertiary/aromatic N) is 2. The second kappa shape index (κ2) is 5.53. The van der Waals surface area contributed by atoms with Crippen LogP contribution in [-0.4, -0.2) is 21.8 Å². The van der Waals surface area contributed by atoms with Gasteiger partial charge in [-0.05, 0) is 36.1 Å². The Labute approximate surface area is 125 Å². The molecule has 1 heterocycles. The van der Waals surface area contributed by atoms with E-state index in [1.165, 1.54) is 5.56 Å². The lowest BCUT2D eigenvalue weighted by atomic mass is 9.85. The zero-order valence-corrected chi connectivity index (χ0v) is 12.8. The largest absolute Gasteiger partial charge is 0.497 e. The average Bonchev–Trinajstić information content (AvgIpc) is 2.96. The highest BCUT2D eigenvalue weighted by Crippen LogP contribution is 2.39. The molecule has 1 aromatic carbocycles. The van der Waals surface area contributed by atoms with Crippen LogP contribution in [0.1, 0.15) is 55.3 Å². The third-order valence-electron chi connectivity index (χ3n) is 4.32. The van der Waals surface area contributed by atoms with Crippen LogP contribution in [-0.2, 0) is 6.42 Å². The quantitative estimate of drug-likeness (QED) is 0.942. The van der Waals surface area contributed by atoms with E-state index in [0.29, 0.717) is 5.92 Å². The molecular weight excluding hydrogens is 264 g/mol. The van der Waals surface area contributed by atoms with Gasteiger partial charge in [-0.25, -0.2) is 4.98 Å². The van der Waals surface area contributed by atoms with E-state index in [0.717, 1.165) is 30.0 Å². The Bertz CT molecular complexity index is 633. The van der Waals surface area contributed by atoms with Crippen LogP contribution in [0.4, 0.5) is 0 Å². The standard InChI is InChI=1S/C17H22N2O2/c1-11(2)17-18-8-9-19(17)15-7-4-12-10-13(21-3)5-6-14(12)16(15)20/h5-6,8-11,15-16,20H,4,7H2,1-3H3. The molecule has 2 aromatic rings. The minimum absolute atomic E-state index is 0.0609. The van der Waals surface area contributed by atoms with Gasteiger partial charge in [-0.1, -0.05) is 19.9 Å². The van der Waals surface area contributed by atoms with Gasteiger partial charge in [0, 0.05) is 18.3 Å². The summed E-state index contributed by atoms with van der Waals surface area (Å²) in [5.41, 5.74) is 2.19. The Morgan fingerprint density at radius 3 is 2.90 bits per heavy atom. The molecule has 4 heteroatoms. The fourth-order valence-electron chi connectivity index (χ4n) is 3.23. The SMILES string of the molecule is COc1ccc2c(c1)CCC(n1ccnc1C(C)C)C2O. The molecule has 21 heavy (non-hydrogen) atoms. The summed E-state index contributed by atoms with van der Waals surface area (Å²) in [5, 5.41) is 10.8. The molecule has 0 fully saturated rings. The first kappa shape index (κ1) is 14.1. The van der Waals surface area contributed by atoms with Gasteiger partial charge in [-0.15, -0.1) is 0 Å². The van der Waals surface area contributed by atoms with Crippen LogP contribution in [0.15, 0.2) is 30.6 Å². The third kappa shape index (κ3) is 2.44. The summed E-state index contributed by atoms with van der Waals surface area (Å²) in [6.07, 6.45) is 5.18. The van der Waals surface area contributed by atoms with Crippen molar-refractivity contribution in [2.24, 2.45) is 0 Å². The minimum Gasteiger partial charge on any atom is -0.497 e. The van der Waals surface area contributed by atoms with Crippen LogP contribution in [0.25, 0.3) is 0 Å². The summed E-state index contributed by atoms with van der Waals surface area (Å²) in [7, 11) is 1.67. The number of aromatic nitrogens is 2. The Kier molecular flexibility index (Phi) is 3.72. The van der Waals surface area contributed by atoms with Crippen LogP contribution in [0.3, 0.4) is 0 Å². The van der Waals surface area contributed by atoms with Crippen molar-refractivity contribution in [3.05, 3.63) is 47.5 Å². The number of benzene rings is 1. The number of imidazole rings is 1. The molecule has 4 nitrogen and oxygen atoms in total. The first-order chi connectivity index (χ1) is 10.1. The van der Waals surface area contributed by atoms with Crippen molar-refractivity contribution in [2.45, 2.75) is 44.8 Å². The number of rotatable bonds is 3. The highest BCUT2D eigenvalue weighted by atomic mass is 16.5. The molecule has 1 aromatic heterocycles. The summed E-state index contributed by atoms with van der Waals surface area (Å²) < 4.78 is 7.41. The fourth-order valence-corrected chi connectivity index (χ4v) is 3.23. The number of hydrogen-bond donors (Lipinski definition) is 1. The van der Waals surface area contributed by atoms with Gasteiger partial charge in [0.15, 0.2) is 0 Å². The van der Waals surface area contributed by atoms with Crippen LogP contribution in [0.2, 0.25) is 0 Å². The Morgan fingerprint density at radius 1 is 1.38 bits per heavy atom. The monoisotopic (exact) mass is 286 g/mol. The third-order valence-corrected chi connectivity index (χ3v) is 4.32. The highest BCUT2D eigenvalue weighted by molar-refractivity contribution is 5.39. The number of aryl methyl sites for hydroxylation is 1. The van der Waals surface area contributed by atoms with Crippen LogP contribution < -0.4 is 4.74 Å². The first-order valence-corrected chi connectivity index (χ1v) is 7.49. The molecule has 1 aliphatic carbocycles. The molecule has 112 valence electrons. The predicted octanol–water partition coefficient (Wildman–Crippen LogP) is 3.24. The van der Waals surface area contributed by atoms with Gasteiger partial charge in [-0.2, -0.15) is 0 Å². The van der Waals surface area contributed by atoms with Gasteiger partial charge >= 0.3 is 0 Å². The zero-order chi connectivity index (χ0) is 15.0. The van der Waals surface area contributed by atoms with E-state index in [4.69, 9.17) is 4.74 Å². The van der Waals surface area contributed by atoms with Crippen molar-refractivity contribution >= 4 is 0 Å². The molecule has 0 bridgehead atoms. The van der Waals surface area contributed by atoms with Crippen molar-refractivity contribution in [2.75, 3.05) is 7.11 Å². The molecule has 0 aliphatic heterocycles. The second-order valence-corrected chi connectivity index (χ2v) is 5.96. The minimum atomic E-state index is -0.494. The van der Waals surface area contributed by atoms with Crippen LogP contribution in [0, 0.1) is 0 Å². The topological polar surface area (TPSA) is 47.3 Å². The van der Waals surface area contributed by atoms with Gasteiger partial charge in [0.25, 0.3) is 0 Å². The summed E-state index contributed by atoms with van der Waals surface area (Å²) >= 11 is 0. The summed E-state index contributed by atoms with van der Waals surface area (Å²) in [4.78, 5) is 4.44. The molecule has 0 saturated heterocycles. The van der Waals surface area contributed by atoms with E-state index in [1.807, 2.05) is 30.6 Å². The van der Waals surface area contributed by atoms with Crippen molar-refractivity contribution in [1.82, 2.24) is 9.55 Å². The zero-order valence-electron chi connectivity index (χ0n) is 12.8. The smallest absolute Gasteiger partial charge is 0.119 e. The predicted molar refractivity (Wildman–Crippen MR) is 81.6 cm³/mol. The molecule has 0 spiro atoms. The van der Waals surface area contributed by atoms with Gasteiger partial charge in [0.1, 0.15) is 11.6 Å². The Balaban J connectivity index is 1.95. The number of aliphatic hydroxyl groups is 1. The summed E-state index contributed by atoms with van der Waals surface area (Å²) in [6, 6.07) is 6.00. The van der Waals surface area contributed by atoms with Crippen molar-refractivity contribution in [3.8, 4) is 5.75 Å². The van der Waals surface area contributed by atoms with E-state index in [1.54, 1.807) is 7.11 Å². The Morgan fingerprint density at radius 2 is 2.19 bits per heavy atom. The number of fused-ring (bicyclic) bond motifs is 1. The number of aliphatic hydroxyl groups excluding tert-OH is 1. The molecule has 1 N–H and O–H groups in total.